The van der Waals surface area contributed by atoms with Crippen molar-refractivity contribution in [1.29, 1.82) is 0 Å². The van der Waals surface area contributed by atoms with Crippen LogP contribution in [0.5, 0.6) is 5.75 Å². The van der Waals surface area contributed by atoms with Crippen molar-refractivity contribution in [3.8, 4) is 5.75 Å². The van der Waals surface area contributed by atoms with Crippen LogP contribution in [0.1, 0.15) is 30.4 Å². The Morgan fingerprint density at radius 1 is 1.41 bits per heavy atom. The maximum atomic E-state index is 13.4. The molecule has 1 aromatic carbocycles. The van der Waals surface area contributed by atoms with Crippen molar-refractivity contribution in [2.75, 3.05) is 13.7 Å². The van der Waals surface area contributed by atoms with Crippen LogP contribution in [0.4, 0.5) is 4.39 Å². The van der Waals surface area contributed by atoms with Crippen LogP contribution >= 0.6 is 0 Å². The number of nitrogens with one attached hydrogen (secondary N) is 1. The Bertz CT molecular complexity index is 386. The van der Waals surface area contributed by atoms with E-state index in [1.54, 1.807) is 13.2 Å². The van der Waals surface area contributed by atoms with Crippen molar-refractivity contribution in [2.45, 2.75) is 38.6 Å². The summed E-state index contributed by atoms with van der Waals surface area (Å²) in [7, 11) is 1.59. The first-order valence-electron chi connectivity index (χ1n) is 6.27. The minimum atomic E-state index is -0.210. The second-order valence-corrected chi connectivity index (χ2v) is 4.74. The lowest BCUT2D eigenvalue weighted by atomic mass is 9.95. The Morgan fingerprint density at radius 3 is 2.88 bits per heavy atom. The molecule has 1 aliphatic heterocycles. The highest BCUT2D eigenvalue weighted by Crippen LogP contribution is 2.25. The molecular weight excluding hydrogens is 217 g/mol. The fraction of sp³-hybridized carbons (Fsp3) is 0.571. The van der Waals surface area contributed by atoms with Gasteiger partial charge < -0.3 is 10.1 Å². The van der Waals surface area contributed by atoms with Crippen molar-refractivity contribution in [3.05, 3.63) is 29.1 Å². The molecule has 1 unspecified atom stereocenters. The second kappa shape index (κ2) is 5.50. The van der Waals surface area contributed by atoms with Gasteiger partial charge in [-0.1, -0.05) is 6.42 Å². The molecule has 0 radical (unpaired) electrons. The molecule has 2 nitrogen and oxygen atoms in total. The standard InChI is InChI=1S/C14H20FNO/c1-10-11(7-12(15)9-14(10)17-2)8-13-5-3-4-6-16-13/h7,9,13,16H,3-6,8H2,1-2H3. The summed E-state index contributed by atoms with van der Waals surface area (Å²) in [4.78, 5) is 0. The molecule has 0 saturated carbocycles. The van der Waals surface area contributed by atoms with Gasteiger partial charge in [-0.25, -0.2) is 4.39 Å². The molecule has 1 saturated heterocycles. The molecule has 3 heteroatoms. The summed E-state index contributed by atoms with van der Waals surface area (Å²) in [6.07, 6.45) is 4.59. The van der Waals surface area contributed by atoms with E-state index in [4.69, 9.17) is 4.74 Å². The van der Waals surface area contributed by atoms with E-state index < -0.39 is 0 Å². The maximum Gasteiger partial charge on any atom is 0.127 e. The van der Waals surface area contributed by atoms with Gasteiger partial charge in [0, 0.05) is 12.1 Å². The van der Waals surface area contributed by atoms with Gasteiger partial charge in [-0.15, -0.1) is 0 Å². The van der Waals surface area contributed by atoms with Crippen LogP contribution in [0.2, 0.25) is 0 Å². The number of rotatable bonds is 3. The zero-order chi connectivity index (χ0) is 12.3. The summed E-state index contributed by atoms with van der Waals surface area (Å²) < 4.78 is 18.6. The lowest BCUT2D eigenvalue weighted by molar-refractivity contribution is 0.392. The molecule has 94 valence electrons. The molecule has 0 amide bonds. The van der Waals surface area contributed by atoms with Gasteiger partial charge in [0.25, 0.3) is 0 Å². The predicted molar refractivity (Wildman–Crippen MR) is 67.0 cm³/mol. The van der Waals surface area contributed by atoms with Gasteiger partial charge in [0.15, 0.2) is 0 Å². The van der Waals surface area contributed by atoms with Crippen LogP contribution in [0.15, 0.2) is 12.1 Å². The third-order valence-electron chi connectivity index (χ3n) is 3.53. The van der Waals surface area contributed by atoms with E-state index in [0.29, 0.717) is 11.8 Å². The van der Waals surface area contributed by atoms with E-state index >= 15 is 0 Å². The average Bonchev–Trinajstić information content (AvgIpc) is 2.34. The van der Waals surface area contributed by atoms with Gasteiger partial charge in [0.2, 0.25) is 0 Å². The fourth-order valence-electron chi connectivity index (χ4n) is 2.50. The molecule has 2 rings (SSSR count). The highest BCUT2D eigenvalue weighted by atomic mass is 19.1. The first-order chi connectivity index (χ1) is 8.20. The first kappa shape index (κ1) is 12.4. The van der Waals surface area contributed by atoms with Crippen LogP contribution in [0.3, 0.4) is 0 Å². The van der Waals surface area contributed by atoms with E-state index in [2.05, 4.69) is 5.32 Å². The number of methoxy groups -OCH3 is 1. The average molecular weight is 237 g/mol. The Kier molecular flexibility index (Phi) is 4.00. The van der Waals surface area contributed by atoms with Gasteiger partial charge in [-0.3, -0.25) is 0 Å². The molecule has 0 spiro atoms. The highest BCUT2D eigenvalue weighted by molar-refractivity contribution is 5.40. The normalized spacial score (nSPS) is 20.3. The number of halogens is 1. The number of hydrogen-bond acceptors (Lipinski definition) is 2. The Balaban J connectivity index is 2.16. The van der Waals surface area contributed by atoms with Crippen LogP contribution < -0.4 is 10.1 Å². The van der Waals surface area contributed by atoms with Crippen LogP contribution in [-0.2, 0) is 6.42 Å². The second-order valence-electron chi connectivity index (χ2n) is 4.74. The summed E-state index contributed by atoms with van der Waals surface area (Å²) in [5.74, 6) is 0.439. The number of hydrogen-bond donors (Lipinski definition) is 1. The molecule has 1 aromatic rings. The maximum absolute atomic E-state index is 13.4. The first-order valence-corrected chi connectivity index (χ1v) is 6.27. The summed E-state index contributed by atoms with van der Waals surface area (Å²) in [5.41, 5.74) is 2.11. The molecule has 1 aliphatic rings. The van der Waals surface area contributed by atoms with E-state index in [-0.39, 0.29) is 5.82 Å². The van der Waals surface area contributed by atoms with E-state index in [1.165, 1.54) is 25.3 Å². The Morgan fingerprint density at radius 2 is 2.24 bits per heavy atom. The SMILES string of the molecule is COc1cc(F)cc(CC2CCCCN2)c1C. The fourth-order valence-corrected chi connectivity index (χ4v) is 2.50. The molecule has 0 aliphatic carbocycles. The van der Waals surface area contributed by atoms with Crippen LogP contribution in [-0.4, -0.2) is 19.7 Å². The van der Waals surface area contributed by atoms with Crippen LogP contribution in [0, 0.1) is 12.7 Å². The van der Waals surface area contributed by atoms with E-state index in [1.807, 2.05) is 6.92 Å². The smallest absolute Gasteiger partial charge is 0.127 e. The topological polar surface area (TPSA) is 21.3 Å². The lowest BCUT2D eigenvalue weighted by Crippen LogP contribution is -2.35. The van der Waals surface area contributed by atoms with E-state index in [0.717, 1.165) is 24.1 Å². The largest absolute Gasteiger partial charge is 0.496 e. The minimum Gasteiger partial charge on any atom is -0.496 e. The zero-order valence-electron chi connectivity index (χ0n) is 10.6. The number of piperidine rings is 1. The highest BCUT2D eigenvalue weighted by Gasteiger charge is 2.16. The van der Waals surface area contributed by atoms with Gasteiger partial charge in [-0.05, 0) is 49.9 Å². The third-order valence-corrected chi connectivity index (χ3v) is 3.53. The molecule has 0 aromatic heterocycles. The quantitative estimate of drug-likeness (QED) is 0.872. The molecule has 17 heavy (non-hydrogen) atoms. The van der Waals surface area contributed by atoms with Crippen LogP contribution in [0.25, 0.3) is 0 Å². The minimum absolute atomic E-state index is 0.210. The van der Waals surface area contributed by atoms with Gasteiger partial charge in [0.05, 0.1) is 7.11 Å². The van der Waals surface area contributed by atoms with E-state index in [9.17, 15) is 4.39 Å². The van der Waals surface area contributed by atoms with Crippen molar-refractivity contribution in [3.63, 3.8) is 0 Å². The molecule has 1 N–H and O–H groups in total. The summed E-state index contributed by atoms with van der Waals surface area (Å²) in [5, 5.41) is 3.49. The molecular formula is C14H20FNO. The number of benzene rings is 1. The van der Waals surface area contributed by atoms with Gasteiger partial charge in [-0.2, -0.15) is 0 Å². The van der Waals surface area contributed by atoms with Crippen molar-refractivity contribution < 1.29 is 9.13 Å². The van der Waals surface area contributed by atoms with Crippen molar-refractivity contribution in [1.82, 2.24) is 5.32 Å². The molecule has 1 heterocycles. The summed E-state index contributed by atoms with van der Waals surface area (Å²) >= 11 is 0. The number of ether oxygens (including phenoxy) is 1. The molecule has 1 fully saturated rings. The monoisotopic (exact) mass is 237 g/mol. The van der Waals surface area contributed by atoms with Crippen molar-refractivity contribution in [2.24, 2.45) is 0 Å². The Labute approximate surface area is 102 Å². The third kappa shape index (κ3) is 2.97. The Hall–Kier alpha value is -1.09. The van der Waals surface area contributed by atoms with Gasteiger partial charge >= 0.3 is 0 Å². The van der Waals surface area contributed by atoms with Crippen molar-refractivity contribution >= 4 is 0 Å². The molecule has 0 bridgehead atoms. The zero-order valence-corrected chi connectivity index (χ0v) is 10.6. The summed E-state index contributed by atoms with van der Waals surface area (Å²) in [6.45, 7) is 3.08. The lowest BCUT2D eigenvalue weighted by Gasteiger charge is -2.24. The predicted octanol–water partition coefficient (Wildman–Crippen LogP) is 2.83. The molecule has 1 atom stereocenters. The van der Waals surface area contributed by atoms with Gasteiger partial charge in [0.1, 0.15) is 11.6 Å². The summed E-state index contributed by atoms with van der Waals surface area (Å²) in [6, 6.07) is 3.57.